The normalized spacial score (nSPS) is 15.0. The molecule has 0 unspecified atom stereocenters. The Morgan fingerprint density at radius 1 is 1.17 bits per heavy atom. The third-order valence-corrected chi connectivity index (χ3v) is 6.25. The first kappa shape index (κ1) is 19.9. The van der Waals surface area contributed by atoms with Crippen molar-refractivity contribution in [3.05, 3.63) is 58.0 Å². The summed E-state index contributed by atoms with van der Waals surface area (Å²) < 4.78 is 6.82. The molecule has 4 rings (SSSR count). The quantitative estimate of drug-likeness (QED) is 0.531. The smallest absolute Gasteiger partial charge is 0.356 e. The fraction of sp³-hybridized carbons (Fsp3) is 0.435. The van der Waals surface area contributed by atoms with Gasteiger partial charge in [-0.1, -0.05) is 55.8 Å². The van der Waals surface area contributed by atoms with Gasteiger partial charge in [-0.05, 0) is 48.6 Å². The highest BCUT2D eigenvalue weighted by atomic mass is 35.5. The number of fused-ring (bicyclic) bond motifs is 1. The Balaban J connectivity index is 1.56. The van der Waals surface area contributed by atoms with Crippen LogP contribution in [0.5, 0.6) is 0 Å². The van der Waals surface area contributed by atoms with Crippen molar-refractivity contribution in [1.82, 2.24) is 14.5 Å². The number of esters is 1. The number of nitrogens with zero attached hydrogens (tertiary/aromatic N) is 3. The molecule has 29 heavy (non-hydrogen) atoms. The van der Waals surface area contributed by atoms with E-state index in [1.165, 1.54) is 44.8 Å². The first-order chi connectivity index (χ1) is 14.0. The van der Waals surface area contributed by atoms with Crippen LogP contribution in [0.2, 0.25) is 5.02 Å². The molecule has 0 aliphatic heterocycles. The van der Waals surface area contributed by atoms with Crippen LogP contribution < -0.4 is 0 Å². The van der Waals surface area contributed by atoms with Crippen molar-refractivity contribution in [2.45, 2.75) is 52.0 Å². The molecule has 0 bridgehead atoms. The lowest BCUT2D eigenvalue weighted by molar-refractivity contribution is 0.0594. The maximum atomic E-state index is 11.7. The van der Waals surface area contributed by atoms with Gasteiger partial charge < -0.3 is 9.30 Å². The Morgan fingerprint density at radius 3 is 2.69 bits per heavy atom. The summed E-state index contributed by atoms with van der Waals surface area (Å²) in [4.78, 5) is 20.6. The minimum atomic E-state index is -0.462. The summed E-state index contributed by atoms with van der Waals surface area (Å²) in [5.74, 6) is 1.16. The number of carbonyl (C=O) groups excluding carboxylic acids is 1. The highest BCUT2D eigenvalue weighted by molar-refractivity contribution is 6.31. The van der Waals surface area contributed by atoms with Gasteiger partial charge in [-0.15, -0.1) is 0 Å². The summed E-state index contributed by atoms with van der Waals surface area (Å²) in [6.45, 7) is 2.55. The molecule has 6 heteroatoms. The molecule has 0 N–H and O–H groups in total. The predicted molar refractivity (Wildman–Crippen MR) is 114 cm³/mol. The average molecular weight is 412 g/mol. The van der Waals surface area contributed by atoms with Gasteiger partial charge in [0.05, 0.1) is 19.2 Å². The molecule has 1 aromatic carbocycles. The van der Waals surface area contributed by atoms with Gasteiger partial charge in [0.15, 0.2) is 11.3 Å². The molecule has 5 nitrogen and oxygen atoms in total. The third-order valence-electron chi connectivity index (χ3n) is 5.89. The number of hydrogen-bond donors (Lipinski definition) is 0. The molecule has 1 saturated carbocycles. The van der Waals surface area contributed by atoms with Crippen LogP contribution in [0.3, 0.4) is 0 Å². The Labute approximate surface area is 176 Å². The van der Waals surface area contributed by atoms with E-state index >= 15 is 0 Å². The summed E-state index contributed by atoms with van der Waals surface area (Å²) in [5, 5.41) is 0.790. The van der Waals surface area contributed by atoms with Crippen LogP contribution in [-0.4, -0.2) is 27.6 Å². The molecular weight excluding hydrogens is 386 g/mol. The predicted octanol–water partition coefficient (Wildman–Crippen LogP) is 5.35. The van der Waals surface area contributed by atoms with E-state index in [9.17, 15) is 4.79 Å². The zero-order valence-corrected chi connectivity index (χ0v) is 17.7. The molecule has 0 atom stereocenters. The first-order valence-electron chi connectivity index (χ1n) is 10.2. The largest absolute Gasteiger partial charge is 0.464 e. The molecule has 2 aromatic heterocycles. The summed E-state index contributed by atoms with van der Waals surface area (Å²) in [6.07, 6.45) is 7.88. The van der Waals surface area contributed by atoms with Crippen molar-refractivity contribution in [2.75, 3.05) is 7.11 Å². The summed E-state index contributed by atoms with van der Waals surface area (Å²) in [7, 11) is 1.35. The van der Waals surface area contributed by atoms with E-state index in [0.29, 0.717) is 12.2 Å². The van der Waals surface area contributed by atoms with Gasteiger partial charge in [-0.3, -0.25) is 0 Å². The second-order valence-corrected chi connectivity index (χ2v) is 8.32. The van der Waals surface area contributed by atoms with E-state index in [2.05, 4.69) is 32.7 Å². The third kappa shape index (κ3) is 4.30. The lowest BCUT2D eigenvalue weighted by Crippen LogP contribution is -2.09. The molecule has 2 heterocycles. The van der Waals surface area contributed by atoms with Crippen molar-refractivity contribution < 1.29 is 9.53 Å². The molecular formula is C23H26ClN3O2. The molecule has 0 spiro atoms. The molecule has 0 radical (unpaired) electrons. The molecule has 0 saturated heterocycles. The Kier molecular flexibility index (Phi) is 5.86. The van der Waals surface area contributed by atoms with E-state index < -0.39 is 5.97 Å². The molecule has 1 aliphatic carbocycles. The van der Waals surface area contributed by atoms with Crippen LogP contribution in [0.4, 0.5) is 0 Å². The fourth-order valence-electron chi connectivity index (χ4n) is 4.28. The lowest BCUT2D eigenvalue weighted by atomic mass is 9.85. The van der Waals surface area contributed by atoms with E-state index in [1.807, 2.05) is 13.0 Å². The average Bonchev–Trinajstić information content (AvgIpc) is 3.04. The SMILES string of the molecule is COC(=O)c1ccc2c(n1)nc(C)n2Cc1ccc(CC2CCCCC2)cc1Cl. The minimum Gasteiger partial charge on any atom is -0.464 e. The minimum absolute atomic E-state index is 0.259. The van der Waals surface area contributed by atoms with Gasteiger partial charge in [-0.2, -0.15) is 0 Å². The highest BCUT2D eigenvalue weighted by Gasteiger charge is 2.16. The number of carbonyl (C=O) groups is 1. The number of aromatic nitrogens is 3. The van der Waals surface area contributed by atoms with Crippen LogP contribution in [0.25, 0.3) is 11.2 Å². The number of rotatable bonds is 5. The zero-order chi connectivity index (χ0) is 20.4. The van der Waals surface area contributed by atoms with Crippen LogP contribution in [-0.2, 0) is 17.7 Å². The molecule has 3 aromatic rings. The van der Waals surface area contributed by atoms with Gasteiger partial charge in [0.2, 0.25) is 0 Å². The summed E-state index contributed by atoms with van der Waals surface area (Å²) in [5.41, 5.74) is 4.04. The van der Waals surface area contributed by atoms with Crippen molar-refractivity contribution in [1.29, 1.82) is 0 Å². The monoisotopic (exact) mass is 411 g/mol. The van der Waals surface area contributed by atoms with Gasteiger partial charge in [0, 0.05) is 5.02 Å². The fourth-order valence-corrected chi connectivity index (χ4v) is 4.54. The number of imidazole rings is 1. The maximum Gasteiger partial charge on any atom is 0.356 e. The lowest BCUT2D eigenvalue weighted by Gasteiger charge is -2.21. The van der Waals surface area contributed by atoms with Gasteiger partial charge >= 0.3 is 5.97 Å². The molecule has 1 fully saturated rings. The van der Waals surface area contributed by atoms with Crippen LogP contribution in [0, 0.1) is 12.8 Å². The van der Waals surface area contributed by atoms with E-state index in [1.54, 1.807) is 6.07 Å². The second kappa shape index (κ2) is 8.54. The number of aryl methyl sites for hydroxylation is 1. The van der Waals surface area contributed by atoms with Crippen molar-refractivity contribution in [3.8, 4) is 0 Å². The van der Waals surface area contributed by atoms with E-state index in [0.717, 1.165) is 34.3 Å². The number of benzene rings is 1. The Morgan fingerprint density at radius 2 is 1.97 bits per heavy atom. The van der Waals surface area contributed by atoms with E-state index in [4.69, 9.17) is 16.3 Å². The van der Waals surface area contributed by atoms with E-state index in [-0.39, 0.29) is 5.69 Å². The first-order valence-corrected chi connectivity index (χ1v) is 10.6. The van der Waals surface area contributed by atoms with Crippen molar-refractivity contribution in [2.24, 2.45) is 5.92 Å². The number of halogens is 1. The van der Waals surface area contributed by atoms with Crippen LogP contribution in [0.1, 0.15) is 59.5 Å². The van der Waals surface area contributed by atoms with Gasteiger partial charge in [0.25, 0.3) is 0 Å². The molecule has 0 amide bonds. The number of pyridine rings is 1. The Bertz CT molecular complexity index is 1040. The Hall–Kier alpha value is -2.40. The molecule has 1 aliphatic rings. The van der Waals surface area contributed by atoms with Gasteiger partial charge in [0.1, 0.15) is 5.82 Å². The second-order valence-electron chi connectivity index (χ2n) is 7.91. The number of ether oxygens (including phenoxy) is 1. The summed E-state index contributed by atoms with van der Waals surface area (Å²) in [6, 6.07) is 9.98. The van der Waals surface area contributed by atoms with Crippen molar-refractivity contribution >= 4 is 28.7 Å². The highest BCUT2D eigenvalue weighted by Crippen LogP contribution is 2.29. The number of hydrogen-bond acceptors (Lipinski definition) is 4. The van der Waals surface area contributed by atoms with Gasteiger partial charge in [-0.25, -0.2) is 14.8 Å². The number of methoxy groups -OCH3 is 1. The van der Waals surface area contributed by atoms with Crippen LogP contribution >= 0.6 is 11.6 Å². The standard InChI is InChI=1S/C23H26ClN3O2/c1-15-25-22-21(11-10-20(26-22)23(28)29-2)27(15)14-18-9-8-17(13-19(18)24)12-16-6-4-3-5-7-16/h8-11,13,16H,3-7,12,14H2,1-2H3. The van der Waals surface area contributed by atoms with Crippen molar-refractivity contribution in [3.63, 3.8) is 0 Å². The summed E-state index contributed by atoms with van der Waals surface area (Å²) >= 11 is 6.64. The maximum absolute atomic E-state index is 11.7. The molecule has 152 valence electrons. The van der Waals surface area contributed by atoms with Crippen LogP contribution in [0.15, 0.2) is 30.3 Å². The topological polar surface area (TPSA) is 57.0 Å². The zero-order valence-electron chi connectivity index (χ0n) is 16.9.